The molecule has 1 fully saturated rings. The summed E-state index contributed by atoms with van der Waals surface area (Å²) in [4.78, 5) is 14.3. The molecule has 4 nitrogen and oxygen atoms in total. The van der Waals surface area contributed by atoms with Crippen molar-refractivity contribution in [3.63, 3.8) is 0 Å². The number of nitrogens with two attached hydrogens (primary N) is 1. The van der Waals surface area contributed by atoms with Crippen molar-refractivity contribution >= 4 is 5.91 Å². The molecule has 4 heteroatoms. The molecule has 18 heavy (non-hydrogen) atoms. The predicted octanol–water partition coefficient (Wildman–Crippen LogP) is 1.40. The van der Waals surface area contributed by atoms with Crippen LogP contribution in [0.5, 0.6) is 0 Å². The lowest BCUT2D eigenvalue weighted by Gasteiger charge is -2.24. The molecule has 1 aromatic rings. The number of rotatable bonds is 4. The van der Waals surface area contributed by atoms with Gasteiger partial charge in [0.1, 0.15) is 0 Å². The topological polar surface area (TPSA) is 55.6 Å². The highest BCUT2D eigenvalue weighted by molar-refractivity contribution is 5.94. The zero-order chi connectivity index (χ0) is 13.0. The van der Waals surface area contributed by atoms with Crippen LogP contribution in [-0.2, 0) is 11.3 Å². The molecule has 1 saturated heterocycles. The van der Waals surface area contributed by atoms with Crippen molar-refractivity contribution in [2.45, 2.75) is 25.4 Å². The van der Waals surface area contributed by atoms with Gasteiger partial charge in [0.25, 0.3) is 5.91 Å². The third-order valence-electron chi connectivity index (χ3n) is 3.43. The standard InChI is InChI=1S/C14H20N2O2/c1-18-10-13-3-2-8-16(13)14(17)12-6-4-11(9-15)5-7-12/h4-7,13H,2-3,8-10,15H2,1H3/t13-/m1/s1. The van der Waals surface area contributed by atoms with Crippen LogP contribution < -0.4 is 5.73 Å². The summed E-state index contributed by atoms with van der Waals surface area (Å²) < 4.78 is 5.17. The fourth-order valence-corrected chi connectivity index (χ4v) is 2.42. The maximum Gasteiger partial charge on any atom is 0.254 e. The SMILES string of the molecule is COC[C@H]1CCCN1C(=O)c1ccc(CN)cc1. The minimum absolute atomic E-state index is 0.0955. The van der Waals surface area contributed by atoms with Crippen LogP contribution in [0.25, 0.3) is 0 Å². The summed E-state index contributed by atoms with van der Waals surface area (Å²) in [5.74, 6) is 0.0955. The van der Waals surface area contributed by atoms with E-state index in [1.54, 1.807) is 7.11 Å². The van der Waals surface area contributed by atoms with Gasteiger partial charge >= 0.3 is 0 Å². The van der Waals surface area contributed by atoms with Gasteiger partial charge in [0.2, 0.25) is 0 Å². The Balaban J connectivity index is 2.09. The molecule has 0 spiro atoms. The molecule has 2 rings (SSSR count). The Morgan fingerprint density at radius 2 is 2.17 bits per heavy atom. The summed E-state index contributed by atoms with van der Waals surface area (Å²) >= 11 is 0. The van der Waals surface area contributed by atoms with E-state index in [2.05, 4.69) is 0 Å². The molecule has 1 heterocycles. The molecule has 98 valence electrons. The van der Waals surface area contributed by atoms with Crippen molar-refractivity contribution in [3.8, 4) is 0 Å². The summed E-state index contributed by atoms with van der Waals surface area (Å²) in [6, 6.07) is 7.75. The Hall–Kier alpha value is -1.39. The number of hydrogen-bond donors (Lipinski definition) is 1. The number of carbonyl (C=O) groups is 1. The molecule has 0 bridgehead atoms. The number of methoxy groups -OCH3 is 1. The molecule has 0 aromatic heterocycles. The van der Waals surface area contributed by atoms with Gasteiger partial charge < -0.3 is 15.4 Å². The highest BCUT2D eigenvalue weighted by Gasteiger charge is 2.29. The first kappa shape index (κ1) is 13.1. The molecule has 0 unspecified atom stereocenters. The number of likely N-dealkylation sites (tertiary alicyclic amines) is 1. The van der Waals surface area contributed by atoms with E-state index in [4.69, 9.17) is 10.5 Å². The molecule has 1 aromatic carbocycles. The smallest absolute Gasteiger partial charge is 0.254 e. The summed E-state index contributed by atoms with van der Waals surface area (Å²) in [6.07, 6.45) is 2.08. The van der Waals surface area contributed by atoms with Crippen LogP contribution in [0.2, 0.25) is 0 Å². The van der Waals surface area contributed by atoms with E-state index in [0.717, 1.165) is 30.5 Å². The lowest BCUT2D eigenvalue weighted by Crippen LogP contribution is -2.38. The second-order valence-electron chi connectivity index (χ2n) is 4.65. The highest BCUT2D eigenvalue weighted by Crippen LogP contribution is 2.20. The van der Waals surface area contributed by atoms with Gasteiger partial charge in [-0.15, -0.1) is 0 Å². The zero-order valence-electron chi connectivity index (χ0n) is 10.8. The Morgan fingerprint density at radius 1 is 1.44 bits per heavy atom. The fraction of sp³-hybridized carbons (Fsp3) is 0.500. The zero-order valence-corrected chi connectivity index (χ0v) is 10.8. The molecule has 1 aliphatic heterocycles. The first-order valence-corrected chi connectivity index (χ1v) is 6.35. The van der Waals surface area contributed by atoms with Crippen LogP contribution in [0.4, 0.5) is 0 Å². The predicted molar refractivity (Wildman–Crippen MR) is 70.3 cm³/mol. The number of benzene rings is 1. The van der Waals surface area contributed by atoms with Crippen LogP contribution in [0.15, 0.2) is 24.3 Å². The minimum atomic E-state index is 0.0955. The second kappa shape index (κ2) is 5.98. The van der Waals surface area contributed by atoms with Gasteiger partial charge in [0.05, 0.1) is 12.6 Å². The van der Waals surface area contributed by atoms with Gasteiger partial charge in [0, 0.05) is 25.8 Å². The van der Waals surface area contributed by atoms with E-state index in [1.165, 1.54) is 0 Å². The van der Waals surface area contributed by atoms with Crippen LogP contribution in [0.3, 0.4) is 0 Å². The molecule has 2 N–H and O–H groups in total. The number of ether oxygens (including phenoxy) is 1. The van der Waals surface area contributed by atoms with E-state index in [-0.39, 0.29) is 11.9 Å². The highest BCUT2D eigenvalue weighted by atomic mass is 16.5. The van der Waals surface area contributed by atoms with Crippen LogP contribution in [0.1, 0.15) is 28.8 Å². The molecule has 1 atom stereocenters. The Labute approximate surface area is 108 Å². The first-order chi connectivity index (χ1) is 8.76. The van der Waals surface area contributed by atoms with E-state index < -0.39 is 0 Å². The molecular weight excluding hydrogens is 228 g/mol. The van der Waals surface area contributed by atoms with E-state index in [9.17, 15) is 4.79 Å². The number of nitrogens with zero attached hydrogens (tertiary/aromatic N) is 1. The lowest BCUT2D eigenvalue weighted by molar-refractivity contribution is 0.0630. The monoisotopic (exact) mass is 248 g/mol. The van der Waals surface area contributed by atoms with Crippen molar-refractivity contribution in [1.82, 2.24) is 4.90 Å². The van der Waals surface area contributed by atoms with Gasteiger partial charge in [-0.05, 0) is 30.5 Å². The van der Waals surface area contributed by atoms with E-state index >= 15 is 0 Å². The number of hydrogen-bond acceptors (Lipinski definition) is 3. The van der Waals surface area contributed by atoms with Crippen molar-refractivity contribution < 1.29 is 9.53 Å². The third-order valence-corrected chi connectivity index (χ3v) is 3.43. The van der Waals surface area contributed by atoms with Crippen molar-refractivity contribution in [2.24, 2.45) is 5.73 Å². The molecule has 0 radical (unpaired) electrons. The maximum atomic E-state index is 12.4. The van der Waals surface area contributed by atoms with Crippen molar-refractivity contribution in [3.05, 3.63) is 35.4 Å². The van der Waals surface area contributed by atoms with Gasteiger partial charge in [0.15, 0.2) is 0 Å². The van der Waals surface area contributed by atoms with Crippen molar-refractivity contribution in [2.75, 3.05) is 20.3 Å². The molecular formula is C14H20N2O2. The second-order valence-corrected chi connectivity index (χ2v) is 4.65. The number of amides is 1. The van der Waals surface area contributed by atoms with Crippen LogP contribution >= 0.6 is 0 Å². The van der Waals surface area contributed by atoms with Crippen LogP contribution in [0, 0.1) is 0 Å². The van der Waals surface area contributed by atoms with Gasteiger partial charge in [-0.3, -0.25) is 4.79 Å². The Kier molecular flexibility index (Phi) is 4.33. The van der Waals surface area contributed by atoms with E-state index in [1.807, 2.05) is 29.2 Å². The average Bonchev–Trinajstić information content (AvgIpc) is 2.87. The number of carbonyl (C=O) groups excluding carboxylic acids is 1. The third kappa shape index (κ3) is 2.71. The normalized spacial score (nSPS) is 19.2. The van der Waals surface area contributed by atoms with Crippen molar-refractivity contribution in [1.29, 1.82) is 0 Å². The van der Waals surface area contributed by atoms with Crippen LogP contribution in [-0.4, -0.2) is 37.1 Å². The quantitative estimate of drug-likeness (QED) is 0.876. The summed E-state index contributed by atoms with van der Waals surface area (Å²) in [5, 5.41) is 0. The molecule has 1 aliphatic rings. The lowest BCUT2D eigenvalue weighted by atomic mass is 10.1. The first-order valence-electron chi connectivity index (χ1n) is 6.35. The van der Waals surface area contributed by atoms with Gasteiger partial charge in [-0.2, -0.15) is 0 Å². The molecule has 1 amide bonds. The van der Waals surface area contributed by atoms with Gasteiger partial charge in [-0.1, -0.05) is 12.1 Å². The molecule has 0 aliphatic carbocycles. The Morgan fingerprint density at radius 3 is 2.78 bits per heavy atom. The average molecular weight is 248 g/mol. The summed E-state index contributed by atoms with van der Waals surface area (Å²) in [6.45, 7) is 1.95. The minimum Gasteiger partial charge on any atom is -0.383 e. The molecule has 0 saturated carbocycles. The summed E-state index contributed by atoms with van der Waals surface area (Å²) in [5.41, 5.74) is 7.32. The fourth-order valence-electron chi connectivity index (χ4n) is 2.42. The Bertz CT molecular complexity index is 403. The largest absolute Gasteiger partial charge is 0.383 e. The van der Waals surface area contributed by atoms with E-state index in [0.29, 0.717) is 13.2 Å². The summed E-state index contributed by atoms with van der Waals surface area (Å²) in [7, 11) is 1.68. The van der Waals surface area contributed by atoms with Gasteiger partial charge in [-0.25, -0.2) is 0 Å². The maximum absolute atomic E-state index is 12.4.